The van der Waals surface area contributed by atoms with E-state index in [4.69, 9.17) is 10.5 Å². The zero-order valence-electron chi connectivity index (χ0n) is 9.23. The van der Waals surface area contributed by atoms with Gasteiger partial charge in [-0.2, -0.15) is 0 Å². The van der Waals surface area contributed by atoms with Crippen LogP contribution < -0.4 is 11.1 Å². The van der Waals surface area contributed by atoms with Crippen molar-refractivity contribution in [3.8, 4) is 0 Å². The van der Waals surface area contributed by atoms with Crippen LogP contribution in [0.4, 0.5) is 11.5 Å². The summed E-state index contributed by atoms with van der Waals surface area (Å²) in [7, 11) is 0. The zero-order chi connectivity index (χ0) is 12.0. The lowest BCUT2D eigenvalue weighted by atomic mass is 10.4. The number of hydrogen-bond donors (Lipinski definition) is 2. The molecule has 6 nitrogen and oxygen atoms in total. The summed E-state index contributed by atoms with van der Waals surface area (Å²) in [5, 5.41) is 2.91. The fraction of sp³-hybridized carbons (Fsp3) is 0.300. The van der Waals surface area contributed by atoms with Crippen molar-refractivity contribution in [1.82, 2.24) is 9.97 Å². The van der Waals surface area contributed by atoms with Crippen molar-refractivity contribution < 1.29 is 9.53 Å². The standard InChI is InChI=1S/C10H14N4O2/c1-3-16-9(15)4-7(2)14-8-5-12-6-13-10(8)11/h4-6,14H,3H2,1-2H3,(H2,11,12,13)/b7-4+. The molecule has 0 aromatic carbocycles. The maximum Gasteiger partial charge on any atom is 0.332 e. The molecular formula is C10H14N4O2. The number of rotatable bonds is 4. The molecule has 0 radical (unpaired) electrons. The Kier molecular flexibility index (Phi) is 4.26. The lowest BCUT2D eigenvalue weighted by Gasteiger charge is -2.07. The average molecular weight is 222 g/mol. The molecule has 3 N–H and O–H groups in total. The van der Waals surface area contributed by atoms with E-state index in [-0.39, 0.29) is 0 Å². The molecule has 1 rings (SSSR count). The number of ether oxygens (including phenoxy) is 1. The SMILES string of the molecule is CCOC(=O)/C=C(\C)Nc1cncnc1N. The topological polar surface area (TPSA) is 90.1 Å². The van der Waals surface area contributed by atoms with Crippen molar-refractivity contribution in [1.29, 1.82) is 0 Å². The van der Waals surface area contributed by atoms with Gasteiger partial charge in [0.05, 0.1) is 18.5 Å². The van der Waals surface area contributed by atoms with Crippen LogP contribution in [0.2, 0.25) is 0 Å². The Bertz CT molecular complexity index is 404. The number of nitrogens with one attached hydrogen (secondary N) is 1. The smallest absolute Gasteiger partial charge is 0.332 e. The Labute approximate surface area is 93.5 Å². The number of nitrogens with zero attached hydrogens (tertiary/aromatic N) is 2. The second-order valence-electron chi connectivity index (χ2n) is 3.03. The van der Waals surface area contributed by atoms with E-state index in [0.717, 1.165) is 0 Å². The molecule has 1 heterocycles. The van der Waals surface area contributed by atoms with Crippen LogP contribution in [0, 0.1) is 0 Å². The summed E-state index contributed by atoms with van der Waals surface area (Å²) in [6, 6.07) is 0. The van der Waals surface area contributed by atoms with E-state index in [2.05, 4.69) is 15.3 Å². The molecule has 0 amide bonds. The highest BCUT2D eigenvalue weighted by molar-refractivity contribution is 5.83. The molecule has 0 bridgehead atoms. The number of allylic oxidation sites excluding steroid dienone is 1. The Morgan fingerprint density at radius 2 is 2.44 bits per heavy atom. The van der Waals surface area contributed by atoms with E-state index in [0.29, 0.717) is 23.8 Å². The van der Waals surface area contributed by atoms with Crippen molar-refractivity contribution in [2.24, 2.45) is 0 Å². The second kappa shape index (κ2) is 5.69. The molecule has 86 valence electrons. The third-order valence-corrected chi connectivity index (χ3v) is 1.70. The molecule has 0 fully saturated rings. The first-order valence-corrected chi connectivity index (χ1v) is 4.81. The van der Waals surface area contributed by atoms with Gasteiger partial charge in [0, 0.05) is 11.8 Å². The van der Waals surface area contributed by atoms with Crippen LogP contribution in [-0.4, -0.2) is 22.5 Å². The van der Waals surface area contributed by atoms with Gasteiger partial charge in [0.1, 0.15) is 6.33 Å². The Hall–Kier alpha value is -2.11. The van der Waals surface area contributed by atoms with E-state index >= 15 is 0 Å². The number of nitrogens with two attached hydrogens (primary N) is 1. The lowest BCUT2D eigenvalue weighted by molar-refractivity contribution is -0.137. The van der Waals surface area contributed by atoms with Crippen LogP contribution in [0.5, 0.6) is 0 Å². The normalized spacial score (nSPS) is 11.0. The largest absolute Gasteiger partial charge is 0.463 e. The van der Waals surface area contributed by atoms with E-state index in [9.17, 15) is 4.79 Å². The summed E-state index contributed by atoms with van der Waals surface area (Å²) in [6.45, 7) is 3.82. The van der Waals surface area contributed by atoms with Crippen LogP contribution >= 0.6 is 0 Å². The van der Waals surface area contributed by atoms with Crippen LogP contribution in [0.25, 0.3) is 0 Å². The van der Waals surface area contributed by atoms with E-state index in [1.165, 1.54) is 18.6 Å². The third-order valence-electron chi connectivity index (χ3n) is 1.70. The van der Waals surface area contributed by atoms with Crippen molar-refractivity contribution in [3.63, 3.8) is 0 Å². The van der Waals surface area contributed by atoms with Gasteiger partial charge in [0.15, 0.2) is 5.82 Å². The predicted molar refractivity (Wildman–Crippen MR) is 60.5 cm³/mol. The highest BCUT2D eigenvalue weighted by Gasteiger charge is 2.02. The zero-order valence-corrected chi connectivity index (χ0v) is 9.23. The molecule has 0 atom stereocenters. The van der Waals surface area contributed by atoms with Crippen LogP contribution in [0.1, 0.15) is 13.8 Å². The summed E-state index contributed by atoms with van der Waals surface area (Å²) in [5.41, 5.74) is 6.77. The van der Waals surface area contributed by atoms with Gasteiger partial charge in [0.25, 0.3) is 0 Å². The quantitative estimate of drug-likeness (QED) is 0.582. The highest BCUT2D eigenvalue weighted by atomic mass is 16.5. The highest BCUT2D eigenvalue weighted by Crippen LogP contribution is 2.14. The molecule has 0 saturated heterocycles. The van der Waals surface area contributed by atoms with Crippen molar-refractivity contribution in [2.45, 2.75) is 13.8 Å². The molecule has 0 aliphatic rings. The first-order chi connectivity index (χ1) is 7.63. The van der Waals surface area contributed by atoms with Gasteiger partial charge in [-0.25, -0.2) is 14.8 Å². The molecule has 0 spiro atoms. The van der Waals surface area contributed by atoms with Crippen molar-refractivity contribution >= 4 is 17.5 Å². The molecule has 0 aliphatic heterocycles. The Balaban J connectivity index is 2.67. The molecular weight excluding hydrogens is 208 g/mol. The predicted octanol–water partition coefficient (Wildman–Crippen LogP) is 0.938. The number of aromatic nitrogens is 2. The molecule has 0 unspecified atom stereocenters. The Morgan fingerprint density at radius 3 is 3.06 bits per heavy atom. The minimum Gasteiger partial charge on any atom is -0.463 e. The molecule has 16 heavy (non-hydrogen) atoms. The molecule has 1 aromatic rings. The van der Waals surface area contributed by atoms with Crippen molar-refractivity contribution in [3.05, 3.63) is 24.3 Å². The number of hydrogen-bond acceptors (Lipinski definition) is 6. The summed E-state index contributed by atoms with van der Waals surface area (Å²) < 4.78 is 4.76. The maximum atomic E-state index is 11.1. The minimum atomic E-state index is -0.400. The number of anilines is 2. The fourth-order valence-electron chi connectivity index (χ4n) is 1.04. The monoisotopic (exact) mass is 222 g/mol. The summed E-state index contributed by atoms with van der Waals surface area (Å²) >= 11 is 0. The minimum absolute atomic E-state index is 0.326. The number of carbonyl (C=O) groups is 1. The number of esters is 1. The van der Waals surface area contributed by atoms with E-state index < -0.39 is 5.97 Å². The molecule has 1 aromatic heterocycles. The summed E-state index contributed by atoms with van der Waals surface area (Å²) in [4.78, 5) is 18.8. The molecule has 0 saturated carbocycles. The van der Waals surface area contributed by atoms with Crippen molar-refractivity contribution in [2.75, 3.05) is 17.7 Å². The van der Waals surface area contributed by atoms with Gasteiger partial charge in [-0.15, -0.1) is 0 Å². The molecule has 0 aliphatic carbocycles. The third kappa shape index (κ3) is 3.56. The van der Waals surface area contributed by atoms with Gasteiger partial charge in [-0.3, -0.25) is 0 Å². The van der Waals surface area contributed by atoms with Crippen LogP contribution in [0.3, 0.4) is 0 Å². The second-order valence-corrected chi connectivity index (χ2v) is 3.03. The van der Waals surface area contributed by atoms with Crippen LogP contribution in [0.15, 0.2) is 24.3 Å². The van der Waals surface area contributed by atoms with Gasteiger partial charge >= 0.3 is 5.97 Å². The Morgan fingerprint density at radius 1 is 1.69 bits per heavy atom. The van der Waals surface area contributed by atoms with Gasteiger partial charge in [0.2, 0.25) is 0 Å². The number of carbonyl (C=O) groups excluding carboxylic acids is 1. The van der Waals surface area contributed by atoms with Gasteiger partial charge < -0.3 is 15.8 Å². The van der Waals surface area contributed by atoms with E-state index in [1.807, 2.05) is 0 Å². The maximum absolute atomic E-state index is 11.1. The summed E-state index contributed by atoms with van der Waals surface area (Å²) in [6.07, 6.45) is 4.23. The number of nitrogen functional groups attached to an aromatic ring is 1. The lowest BCUT2D eigenvalue weighted by Crippen LogP contribution is -2.06. The first kappa shape index (κ1) is 12.0. The van der Waals surface area contributed by atoms with Gasteiger partial charge in [-0.05, 0) is 13.8 Å². The molecule has 6 heteroatoms. The van der Waals surface area contributed by atoms with E-state index in [1.54, 1.807) is 13.8 Å². The van der Waals surface area contributed by atoms with Crippen LogP contribution in [-0.2, 0) is 9.53 Å². The van der Waals surface area contributed by atoms with Gasteiger partial charge in [-0.1, -0.05) is 0 Å². The fourth-order valence-corrected chi connectivity index (χ4v) is 1.04. The summed E-state index contributed by atoms with van der Waals surface area (Å²) in [5.74, 6) is -0.0745. The first-order valence-electron chi connectivity index (χ1n) is 4.81. The average Bonchev–Trinajstić information content (AvgIpc) is 2.21.